The second-order valence-electron chi connectivity index (χ2n) is 4.91. The predicted molar refractivity (Wildman–Crippen MR) is 70.6 cm³/mol. The lowest BCUT2D eigenvalue weighted by molar-refractivity contribution is 0.309. The summed E-state index contributed by atoms with van der Waals surface area (Å²) < 4.78 is 5.25. The van der Waals surface area contributed by atoms with Gasteiger partial charge in [0.25, 0.3) is 0 Å². The minimum absolute atomic E-state index is 0.292. The monoisotopic (exact) mass is 265 g/mol. The normalized spacial score (nSPS) is 11.8. The smallest absolute Gasteiger partial charge is 0.233 e. The standard InChI is InChI=1S/C13H16ClN3O/c1-13(2,8-15)12-16-11(17-18-12)7-9-4-3-5-10(14)6-9/h3-6H,7-8,15H2,1-2H3. The van der Waals surface area contributed by atoms with Gasteiger partial charge in [0.1, 0.15) is 0 Å². The van der Waals surface area contributed by atoms with Crippen molar-refractivity contribution in [2.45, 2.75) is 25.7 Å². The van der Waals surface area contributed by atoms with Crippen molar-refractivity contribution in [1.29, 1.82) is 0 Å². The lowest BCUT2D eigenvalue weighted by Gasteiger charge is -2.15. The first-order valence-electron chi connectivity index (χ1n) is 5.79. The average molecular weight is 266 g/mol. The van der Waals surface area contributed by atoms with Crippen molar-refractivity contribution in [3.63, 3.8) is 0 Å². The summed E-state index contributed by atoms with van der Waals surface area (Å²) >= 11 is 5.93. The molecule has 96 valence electrons. The Hall–Kier alpha value is -1.39. The molecule has 0 unspecified atom stereocenters. The van der Waals surface area contributed by atoms with Gasteiger partial charge in [-0.2, -0.15) is 4.98 Å². The highest BCUT2D eigenvalue weighted by Gasteiger charge is 2.25. The van der Waals surface area contributed by atoms with Crippen molar-refractivity contribution in [2.75, 3.05) is 6.54 Å². The number of halogens is 1. The lowest BCUT2D eigenvalue weighted by Crippen LogP contribution is -2.28. The van der Waals surface area contributed by atoms with E-state index in [-0.39, 0.29) is 5.41 Å². The highest BCUT2D eigenvalue weighted by molar-refractivity contribution is 6.30. The van der Waals surface area contributed by atoms with E-state index in [0.29, 0.717) is 29.7 Å². The molecule has 0 atom stereocenters. The Balaban J connectivity index is 2.16. The van der Waals surface area contributed by atoms with Crippen molar-refractivity contribution in [2.24, 2.45) is 5.73 Å². The van der Waals surface area contributed by atoms with Gasteiger partial charge in [0.2, 0.25) is 5.89 Å². The largest absolute Gasteiger partial charge is 0.339 e. The first-order valence-corrected chi connectivity index (χ1v) is 6.16. The van der Waals surface area contributed by atoms with E-state index in [0.717, 1.165) is 5.56 Å². The van der Waals surface area contributed by atoms with Gasteiger partial charge in [-0.15, -0.1) is 0 Å². The van der Waals surface area contributed by atoms with E-state index in [1.807, 2.05) is 38.1 Å². The molecule has 0 aliphatic carbocycles. The van der Waals surface area contributed by atoms with Crippen LogP contribution < -0.4 is 5.73 Å². The summed E-state index contributed by atoms with van der Waals surface area (Å²) in [6, 6.07) is 7.62. The topological polar surface area (TPSA) is 64.9 Å². The molecule has 18 heavy (non-hydrogen) atoms. The highest BCUT2D eigenvalue weighted by atomic mass is 35.5. The third kappa shape index (κ3) is 2.89. The van der Waals surface area contributed by atoms with Gasteiger partial charge in [-0.25, -0.2) is 0 Å². The predicted octanol–water partition coefficient (Wildman–Crippen LogP) is 2.55. The fourth-order valence-corrected chi connectivity index (χ4v) is 1.73. The van der Waals surface area contributed by atoms with Gasteiger partial charge in [-0.05, 0) is 31.5 Å². The summed E-state index contributed by atoms with van der Waals surface area (Å²) in [4.78, 5) is 4.38. The minimum atomic E-state index is -0.292. The number of aromatic nitrogens is 2. The Morgan fingerprint density at radius 1 is 1.39 bits per heavy atom. The molecule has 0 amide bonds. The summed E-state index contributed by atoms with van der Waals surface area (Å²) in [6.07, 6.45) is 0.602. The molecule has 2 rings (SSSR count). The SMILES string of the molecule is CC(C)(CN)c1nc(Cc2cccc(Cl)c2)no1. The zero-order valence-electron chi connectivity index (χ0n) is 10.5. The van der Waals surface area contributed by atoms with Gasteiger partial charge in [0.05, 0.1) is 5.41 Å². The Labute approximate surface area is 111 Å². The van der Waals surface area contributed by atoms with Crippen molar-refractivity contribution in [3.8, 4) is 0 Å². The van der Waals surface area contributed by atoms with Gasteiger partial charge in [0, 0.05) is 18.0 Å². The third-order valence-electron chi connectivity index (χ3n) is 2.81. The maximum absolute atomic E-state index is 5.93. The quantitative estimate of drug-likeness (QED) is 0.923. The number of benzene rings is 1. The molecule has 0 aliphatic heterocycles. The Morgan fingerprint density at radius 2 is 2.17 bits per heavy atom. The minimum Gasteiger partial charge on any atom is -0.339 e. The molecule has 0 radical (unpaired) electrons. The number of nitrogens with two attached hydrogens (primary N) is 1. The van der Waals surface area contributed by atoms with Crippen LogP contribution in [0.5, 0.6) is 0 Å². The molecule has 1 heterocycles. The van der Waals surface area contributed by atoms with E-state index < -0.39 is 0 Å². The van der Waals surface area contributed by atoms with Gasteiger partial charge < -0.3 is 10.3 Å². The molecule has 5 heteroatoms. The van der Waals surface area contributed by atoms with Crippen molar-refractivity contribution in [3.05, 3.63) is 46.6 Å². The summed E-state index contributed by atoms with van der Waals surface area (Å²) in [5.74, 6) is 1.22. The maximum atomic E-state index is 5.93. The lowest BCUT2D eigenvalue weighted by atomic mass is 9.94. The van der Waals surface area contributed by atoms with Crippen molar-refractivity contribution < 1.29 is 4.52 Å². The summed E-state index contributed by atoms with van der Waals surface area (Å²) in [5, 5.41) is 4.68. The molecule has 0 saturated carbocycles. The van der Waals surface area contributed by atoms with E-state index >= 15 is 0 Å². The number of hydrogen-bond acceptors (Lipinski definition) is 4. The van der Waals surface area contributed by atoms with Crippen LogP contribution in [-0.4, -0.2) is 16.7 Å². The van der Waals surface area contributed by atoms with Gasteiger partial charge in [-0.1, -0.05) is 28.9 Å². The number of hydrogen-bond donors (Lipinski definition) is 1. The number of rotatable bonds is 4. The van der Waals surface area contributed by atoms with Crippen LogP contribution in [0.3, 0.4) is 0 Å². The summed E-state index contributed by atoms with van der Waals surface area (Å²) in [6.45, 7) is 4.42. The molecule has 1 aromatic carbocycles. The van der Waals surface area contributed by atoms with Crippen LogP contribution in [-0.2, 0) is 11.8 Å². The van der Waals surface area contributed by atoms with Gasteiger partial charge >= 0.3 is 0 Å². The van der Waals surface area contributed by atoms with Crippen LogP contribution >= 0.6 is 11.6 Å². The Bertz CT molecular complexity index is 537. The van der Waals surface area contributed by atoms with Crippen LogP contribution in [0.4, 0.5) is 0 Å². The molecular formula is C13H16ClN3O. The maximum Gasteiger partial charge on any atom is 0.233 e. The van der Waals surface area contributed by atoms with E-state index in [1.165, 1.54) is 0 Å². The molecule has 2 N–H and O–H groups in total. The van der Waals surface area contributed by atoms with E-state index in [4.69, 9.17) is 21.9 Å². The zero-order valence-corrected chi connectivity index (χ0v) is 11.2. The molecule has 0 spiro atoms. The first kappa shape index (κ1) is 13.1. The van der Waals surface area contributed by atoms with Crippen molar-refractivity contribution >= 4 is 11.6 Å². The average Bonchev–Trinajstić information content (AvgIpc) is 2.78. The van der Waals surface area contributed by atoms with Crippen LogP contribution in [0.1, 0.15) is 31.1 Å². The fourth-order valence-electron chi connectivity index (χ4n) is 1.52. The van der Waals surface area contributed by atoms with Gasteiger partial charge in [-0.3, -0.25) is 0 Å². The Kier molecular flexibility index (Phi) is 3.68. The van der Waals surface area contributed by atoms with E-state index in [1.54, 1.807) is 0 Å². The third-order valence-corrected chi connectivity index (χ3v) is 3.04. The molecule has 1 aromatic heterocycles. The van der Waals surface area contributed by atoms with Crippen LogP contribution in [0.25, 0.3) is 0 Å². The van der Waals surface area contributed by atoms with Gasteiger partial charge in [0.15, 0.2) is 5.82 Å². The number of nitrogens with zero attached hydrogens (tertiary/aromatic N) is 2. The highest BCUT2D eigenvalue weighted by Crippen LogP contribution is 2.20. The van der Waals surface area contributed by atoms with E-state index in [2.05, 4.69) is 10.1 Å². The summed E-state index contributed by atoms with van der Waals surface area (Å²) in [5.41, 5.74) is 6.44. The zero-order chi connectivity index (χ0) is 13.2. The second-order valence-corrected chi connectivity index (χ2v) is 5.35. The molecule has 0 aliphatic rings. The molecule has 2 aromatic rings. The van der Waals surface area contributed by atoms with E-state index in [9.17, 15) is 0 Å². The van der Waals surface area contributed by atoms with Crippen LogP contribution in [0.15, 0.2) is 28.8 Å². The first-order chi connectivity index (χ1) is 8.51. The Morgan fingerprint density at radius 3 is 2.83 bits per heavy atom. The second kappa shape index (κ2) is 5.08. The van der Waals surface area contributed by atoms with Crippen LogP contribution in [0.2, 0.25) is 5.02 Å². The van der Waals surface area contributed by atoms with Crippen LogP contribution in [0, 0.1) is 0 Å². The van der Waals surface area contributed by atoms with Crippen molar-refractivity contribution in [1.82, 2.24) is 10.1 Å². The fraction of sp³-hybridized carbons (Fsp3) is 0.385. The molecular weight excluding hydrogens is 250 g/mol. The molecule has 4 nitrogen and oxygen atoms in total. The molecule has 0 fully saturated rings. The molecule has 0 bridgehead atoms. The molecule has 0 saturated heterocycles. The summed E-state index contributed by atoms with van der Waals surface area (Å²) in [7, 11) is 0.